The third-order valence-electron chi connectivity index (χ3n) is 5.45. The number of nitrogens with zero attached hydrogens (tertiary/aromatic N) is 7. The van der Waals surface area contributed by atoms with E-state index >= 15 is 0 Å². The molecule has 10 heteroatoms. The molecule has 2 aromatic heterocycles. The second kappa shape index (κ2) is 8.25. The van der Waals surface area contributed by atoms with Gasteiger partial charge in [-0.2, -0.15) is 15.0 Å². The summed E-state index contributed by atoms with van der Waals surface area (Å²) in [5, 5.41) is 3.48. The molecule has 2 fully saturated rings. The second-order valence-electron chi connectivity index (χ2n) is 7.38. The van der Waals surface area contributed by atoms with E-state index in [2.05, 4.69) is 32.2 Å². The number of aromatic nitrogens is 5. The van der Waals surface area contributed by atoms with Crippen molar-refractivity contribution in [2.24, 2.45) is 0 Å². The van der Waals surface area contributed by atoms with E-state index < -0.39 is 0 Å². The Morgan fingerprint density at radius 1 is 0.967 bits per heavy atom. The number of imidazole rings is 1. The number of benzene rings is 1. The molecule has 4 heterocycles. The number of nitrogen functional groups attached to an aromatic ring is 1. The van der Waals surface area contributed by atoms with Gasteiger partial charge in [-0.3, -0.25) is 4.57 Å². The van der Waals surface area contributed by atoms with Gasteiger partial charge in [-0.15, -0.1) is 0 Å². The summed E-state index contributed by atoms with van der Waals surface area (Å²) in [4.78, 5) is 22.9. The molecule has 2 aliphatic heterocycles. The van der Waals surface area contributed by atoms with Crippen molar-refractivity contribution in [1.29, 1.82) is 0 Å². The van der Waals surface area contributed by atoms with Crippen LogP contribution in [0.1, 0.15) is 11.6 Å². The van der Waals surface area contributed by atoms with Crippen molar-refractivity contribution in [3.05, 3.63) is 48.5 Å². The Morgan fingerprint density at radius 3 is 2.50 bits per heavy atom. The van der Waals surface area contributed by atoms with E-state index in [1.54, 1.807) is 12.5 Å². The standard InChI is InChI=1S/C20H25N9O/c21-16-3-1-15(2-4-16)17-13-22-6-8-29(17)20-25-18(27-9-11-30-12-10-27)24-19(26-20)28-7-5-23-14-28/h1-5,7,14,17,22H,6,8-13,21H2. The van der Waals surface area contributed by atoms with Gasteiger partial charge in [0.1, 0.15) is 6.33 Å². The molecule has 30 heavy (non-hydrogen) atoms. The summed E-state index contributed by atoms with van der Waals surface area (Å²) in [7, 11) is 0. The van der Waals surface area contributed by atoms with Gasteiger partial charge in [0.15, 0.2) is 0 Å². The fraction of sp³-hybridized carbons (Fsp3) is 0.400. The first kappa shape index (κ1) is 18.8. The van der Waals surface area contributed by atoms with Crippen LogP contribution >= 0.6 is 0 Å². The minimum atomic E-state index is 0.106. The zero-order valence-corrected chi connectivity index (χ0v) is 16.7. The predicted molar refractivity (Wildman–Crippen MR) is 114 cm³/mol. The van der Waals surface area contributed by atoms with Gasteiger partial charge in [0.25, 0.3) is 0 Å². The number of morpholine rings is 1. The Kier molecular flexibility index (Phi) is 5.16. The molecule has 0 spiro atoms. The van der Waals surface area contributed by atoms with Crippen LogP contribution in [0.2, 0.25) is 0 Å². The van der Waals surface area contributed by atoms with Crippen molar-refractivity contribution in [2.45, 2.75) is 6.04 Å². The number of nitrogens with two attached hydrogens (primary N) is 1. The van der Waals surface area contributed by atoms with Gasteiger partial charge in [-0.1, -0.05) is 12.1 Å². The van der Waals surface area contributed by atoms with Crippen LogP contribution in [0.25, 0.3) is 5.95 Å². The van der Waals surface area contributed by atoms with Crippen LogP contribution in [0.4, 0.5) is 17.6 Å². The molecule has 2 saturated heterocycles. The van der Waals surface area contributed by atoms with E-state index in [0.717, 1.165) is 38.4 Å². The van der Waals surface area contributed by atoms with Gasteiger partial charge in [0.2, 0.25) is 17.8 Å². The third-order valence-corrected chi connectivity index (χ3v) is 5.45. The summed E-state index contributed by atoms with van der Waals surface area (Å²) in [5.74, 6) is 1.90. The minimum absolute atomic E-state index is 0.106. The summed E-state index contributed by atoms with van der Waals surface area (Å²) in [6.45, 7) is 5.33. The highest BCUT2D eigenvalue weighted by Crippen LogP contribution is 2.28. The topological polar surface area (TPSA) is 110 Å². The Morgan fingerprint density at radius 2 is 1.73 bits per heavy atom. The van der Waals surface area contributed by atoms with E-state index in [9.17, 15) is 0 Å². The average molecular weight is 407 g/mol. The summed E-state index contributed by atoms with van der Waals surface area (Å²) in [6, 6.07) is 8.12. The molecule has 10 nitrogen and oxygen atoms in total. The normalized spacial score (nSPS) is 19.8. The smallest absolute Gasteiger partial charge is 0.241 e. The SMILES string of the molecule is Nc1ccc(C2CNCCN2c2nc(N3CCOCC3)nc(-n3ccnc3)n2)cc1. The van der Waals surface area contributed by atoms with Crippen LogP contribution in [0.5, 0.6) is 0 Å². The second-order valence-corrected chi connectivity index (χ2v) is 7.38. The highest BCUT2D eigenvalue weighted by Gasteiger charge is 2.28. The van der Waals surface area contributed by atoms with Crippen LogP contribution in [-0.4, -0.2) is 70.4 Å². The summed E-state index contributed by atoms with van der Waals surface area (Å²) >= 11 is 0. The first-order valence-corrected chi connectivity index (χ1v) is 10.2. The zero-order valence-electron chi connectivity index (χ0n) is 16.7. The van der Waals surface area contributed by atoms with E-state index in [0.29, 0.717) is 31.1 Å². The van der Waals surface area contributed by atoms with Crippen LogP contribution in [0.15, 0.2) is 43.0 Å². The van der Waals surface area contributed by atoms with Gasteiger partial charge < -0.3 is 25.6 Å². The summed E-state index contributed by atoms with van der Waals surface area (Å²) in [5.41, 5.74) is 7.82. The number of hydrogen-bond donors (Lipinski definition) is 2. The van der Waals surface area contributed by atoms with Gasteiger partial charge in [0, 0.05) is 50.8 Å². The third kappa shape index (κ3) is 3.79. The van der Waals surface area contributed by atoms with Crippen molar-refractivity contribution in [3.63, 3.8) is 0 Å². The Bertz CT molecular complexity index is 970. The molecule has 0 bridgehead atoms. The monoisotopic (exact) mass is 407 g/mol. The van der Waals surface area contributed by atoms with Crippen molar-refractivity contribution in [1.82, 2.24) is 29.8 Å². The number of ether oxygens (including phenoxy) is 1. The first-order chi connectivity index (χ1) is 14.8. The highest BCUT2D eigenvalue weighted by molar-refractivity contribution is 5.47. The molecular weight excluding hydrogens is 382 g/mol. The zero-order chi connectivity index (χ0) is 20.3. The van der Waals surface area contributed by atoms with Crippen molar-refractivity contribution in [3.8, 4) is 5.95 Å². The lowest BCUT2D eigenvalue weighted by atomic mass is 10.0. The lowest BCUT2D eigenvalue weighted by molar-refractivity contribution is 0.122. The molecule has 1 atom stereocenters. The lowest BCUT2D eigenvalue weighted by Crippen LogP contribution is -2.47. The fourth-order valence-electron chi connectivity index (χ4n) is 3.83. The maximum absolute atomic E-state index is 5.89. The van der Waals surface area contributed by atoms with Crippen LogP contribution in [0.3, 0.4) is 0 Å². The molecule has 5 rings (SSSR count). The Balaban J connectivity index is 1.55. The van der Waals surface area contributed by atoms with Crippen molar-refractivity contribution >= 4 is 17.6 Å². The van der Waals surface area contributed by atoms with E-state index in [-0.39, 0.29) is 6.04 Å². The quantitative estimate of drug-likeness (QED) is 0.602. The van der Waals surface area contributed by atoms with Gasteiger partial charge in [-0.25, -0.2) is 4.98 Å². The molecule has 156 valence electrons. The molecule has 0 saturated carbocycles. The highest BCUT2D eigenvalue weighted by atomic mass is 16.5. The number of rotatable bonds is 4. The van der Waals surface area contributed by atoms with Gasteiger partial charge in [0.05, 0.1) is 19.3 Å². The molecule has 3 aromatic rings. The number of nitrogens with one attached hydrogen (secondary N) is 1. The number of anilines is 3. The molecular formula is C20H25N9O. The lowest BCUT2D eigenvalue weighted by Gasteiger charge is -2.37. The molecule has 1 unspecified atom stereocenters. The van der Waals surface area contributed by atoms with Crippen molar-refractivity contribution in [2.75, 3.05) is 61.5 Å². The summed E-state index contributed by atoms with van der Waals surface area (Å²) in [6.07, 6.45) is 5.27. The van der Waals surface area contributed by atoms with Crippen LogP contribution in [-0.2, 0) is 4.74 Å². The van der Waals surface area contributed by atoms with E-state index in [4.69, 9.17) is 25.4 Å². The first-order valence-electron chi connectivity index (χ1n) is 10.2. The average Bonchev–Trinajstić information content (AvgIpc) is 3.35. The Labute approximate surface area is 174 Å². The van der Waals surface area contributed by atoms with Gasteiger partial charge >= 0.3 is 0 Å². The molecule has 0 aliphatic carbocycles. The predicted octanol–water partition coefficient (Wildman–Crippen LogP) is 0.627. The van der Waals surface area contributed by atoms with Crippen molar-refractivity contribution < 1.29 is 4.74 Å². The number of hydrogen-bond acceptors (Lipinski definition) is 9. The van der Waals surface area contributed by atoms with Crippen LogP contribution < -0.4 is 20.9 Å². The summed E-state index contributed by atoms with van der Waals surface area (Å²) < 4.78 is 7.31. The minimum Gasteiger partial charge on any atom is -0.399 e. The molecule has 3 N–H and O–H groups in total. The molecule has 0 amide bonds. The molecule has 1 aromatic carbocycles. The molecule has 2 aliphatic rings. The largest absolute Gasteiger partial charge is 0.399 e. The Hall–Kier alpha value is -3.24. The molecule has 0 radical (unpaired) electrons. The maximum Gasteiger partial charge on any atom is 0.241 e. The van der Waals surface area contributed by atoms with Crippen LogP contribution in [0, 0.1) is 0 Å². The number of piperazine rings is 1. The maximum atomic E-state index is 5.89. The van der Waals surface area contributed by atoms with E-state index in [1.807, 2.05) is 22.9 Å². The fourth-order valence-corrected chi connectivity index (χ4v) is 3.83. The van der Waals surface area contributed by atoms with E-state index in [1.165, 1.54) is 5.56 Å². The van der Waals surface area contributed by atoms with Gasteiger partial charge in [-0.05, 0) is 17.7 Å².